The highest BCUT2D eigenvalue weighted by Crippen LogP contribution is 2.64. The van der Waals surface area contributed by atoms with Gasteiger partial charge in [0.15, 0.2) is 0 Å². The number of aliphatic carboxylic acids is 2. The second-order valence-electron chi connectivity index (χ2n) is 11.5. The number of aliphatic hydroxyl groups excluding tert-OH is 2. The lowest BCUT2D eigenvalue weighted by Gasteiger charge is -2.64. The summed E-state index contributed by atoms with van der Waals surface area (Å²) in [6, 6.07) is 0. The first-order chi connectivity index (χ1) is 16.1. The number of esters is 1. The number of nitrogens with zero attached hydrogens (tertiary/aromatic N) is 1. The third kappa shape index (κ3) is 6.43. The van der Waals surface area contributed by atoms with Crippen molar-refractivity contribution >= 4 is 17.9 Å². The number of allylic oxidation sites excluding steroid dienone is 1. The van der Waals surface area contributed by atoms with E-state index in [4.69, 9.17) is 24.5 Å². The fraction of sp³-hybridized carbons (Fsp3) is 0.808. The Morgan fingerprint density at radius 1 is 1.09 bits per heavy atom. The van der Waals surface area contributed by atoms with Crippen LogP contribution in [0.5, 0.6) is 0 Å². The molecule has 0 amide bonds. The van der Waals surface area contributed by atoms with E-state index in [0.29, 0.717) is 18.4 Å². The van der Waals surface area contributed by atoms with E-state index in [-0.39, 0.29) is 40.8 Å². The SMILES string of the molecule is C[C@H]1/C(=C/C(=O)OCCN(C)C)CC[C@H]2[C@H]1[C@@H](O)C[C@H]1C(C)(C)[C@@H](O)CC[C@]21C.O=C(O)C(=O)O. The van der Waals surface area contributed by atoms with Crippen LogP contribution in [0.3, 0.4) is 0 Å². The predicted octanol–water partition coefficient (Wildman–Crippen LogP) is 2.40. The standard InChI is InChI=1S/C24H41NO4.C2H2O4/c1-15-16(13-21(28)29-12-11-25(5)6)7-8-17-22(15)18(26)14-19-23(2,3)20(27)9-10-24(17,19)4;3-1(4)2(5)6/h13,15,17-20,22,26-27H,7-12,14H2,1-6H3;(H,3,4)(H,5,6)/b16-13+;/t15-,17-,18-,19-,20-,22-,24+;/m0./s1. The van der Waals surface area contributed by atoms with Gasteiger partial charge >= 0.3 is 17.9 Å². The summed E-state index contributed by atoms with van der Waals surface area (Å²) in [4.78, 5) is 32.5. The predicted molar refractivity (Wildman–Crippen MR) is 129 cm³/mol. The first-order valence-electron chi connectivity index (χ1n) is 12.5. The first-order valence-corrected chi connectivity index (χ1v) is 12.5. The summed E-state index contributed by atoms with van der Waals surface area (Å²) in [6.45, 7) is 10.0. The molecule has 35 heavy (non-hydrogen) atoms. The minimum Gasteiger partial charge on any atom is -0.473 e. The number of fused-ring (bicyclic) bond motifs is 3. The summed E-state index contributed by atoms with van der Waals surface area (Å²) in [5.74, 6) is -2.80. The molecule has 9 heteroatoms. The van der Waals surface area contributed by atoms with Crippen LogP contribution in [0.25, 0.3) is 0 Å². The summed E-state index contributed by atoms with van der Waals surface area (Å²) < 4.78 is 5.36. The molecule has 0 aromatic rings. The zero-order valence-electron chi connectivity index (χ0n) is 21.9. The normalized spacial score (nSPS) is 36.9. The van der Waals surface area contributed by atoms with Gasteiger partial charge in [0.25, 0.3) is 0 Å². The second-order valence-corrected chi connectivity index (χ2v) is 11.5. The van der Waals surface area contributed by atoms with Crippen molar-refractivity contribution in [1.29, 1.82) is 0 Å². The maximum Gasteiger partial charge on any atom is 0.414 e. The van der Waals surface area contributed by atoms with Crippen molar-refractivity contribution in [3.05, 3.63) is 11.6 Å². The quantitative estimate of drug-likeness (QED) is 0.261. The van der Waals surface area contributed by atoms with Crippen molar-refractivity contribution in [2.24, 2.45) is 34.5 Å². The number of carboxylic acid groups (broad SMARTS) is 2. The van der Waals surface area contributed by atoms with E-state index in [1.54, 1.807) is 6.08 Å². The molecule has 3 fully saturated rings. The maximum atomic E-state index is 12.3. The zero-order valence-corrected chi connectivity index (χ0v) is 21.9. The Bertz CT molecular complexity index is 810. The van der Waals surface area contributed by atoms with Crippen LogP contribution in [-0.2, 0) is 19.1 Å². The monoisotopic (exact) mass is 497 g/mol. The van der Waals surface area contributed by atoms with Crippen LogP contribution in [0.4, 0.5) is 0 Å². The van der Waals surface area contributed by atoms with E-state index in [1.807, 2.05) is 19.0 Å². The number of likely N-dealkylation sites (N-methyl/N-ethyl adjacent to an activating group) is 1. The molecule has 0 bridgehead atoms. The van der Waals surface area contributed by atoms with Crippen molar-refractivity contribution in [3.63, 3.8) is 0 Å². The molecule has 0 saturated heterocycles. The number of hydrogen-bond acceptors (Lipinski definition) is 7. The smallest absolute Gasteiger partial charge is 0.414 e. The van der Waals surface area contributed by atoms with Crippen LogP contribution in [0.1, 0.15) is 59.8 Å². The number of carbonyl (C=O) groups is 3. The molecular formula is C26H43NO8. The molecular weight excluding hydrogens is 454 g/mol. The zero-order chi connectivity index (χ0) is 26.7. The molecule has 3 rings (SSSR count). The van der Waals surface area contributed by atoms with Crippen molar-refractivity contribution in [1.82, 2.24) is 4.90 Å². The number of ether oxygens (including phenoxy) is 1. The van der Waals surface area contributed by atoms with Crippen LogP contribution >= 0.6 is 0 Å². The van der Waals surface area contributed by atoms with E-state index < -0.39 is 11.9 Å². The van der Waals surface area contributed by atoms with Crippen molar-refractivity contribution in [3.8, 4) is 0 Å². The lowest BCUT2D eigenvalue weighted by atomic mass is 9.42. The van der Waals surface area contributed by atoms with Gasteiger partial charge in [0.05, 0.1) is 12.2 Å². The molecule has 0 unspecified atom stereocenters. The molecule has 3 saturated carbocycles. The average Bonchev–Trinajstić information content (AvgIpc) is 2.75. The molecule has 9 nitrogen and oxygen atoms in total. The van der Waals surface area contributed by atoms with Gasteiger partial charge in [-0.25, -0.2) is 14.4 Å². The maximum absolute atomic E-state index is 12.3. The van der Waals surface area contributed by atoms with Crippen LogP contribution in [-0.4, -0.2) is 82.7 Å². The molecule has 3 aliphatic rings. The fourth-order valence-corrected chi connectivity index (χ4v) is 6.93. The van der Waals surface area contributed by atoms with E-state index in [0.717, 1.165) is 44.2 Å². The summed E-state index contributed by atoms with van der Waals surface area (Å²) in [5.41, 5.74) is 1.09. The van der Waals surface area contributed by atoms with Gasteiger partial charge in [0, 0.05) is 12.6 Å². The lowest BCUT2D eigenvalue weighted by molar-refractivity contribution is -0.190. The van der Waals surface area contributed by atoms with Crippen molar-refractivity contribution in [2.45, 2.75) is 72.0 Å². The van der Waals surface area contributed by atoms with Gasteiger partial charge in [-0.1, -0.05) is 33.3 Å². The highest BCUT2D eigenvalue weighted by molar-refractivity contribution is 6.27. The van der Waals surface area contributed by atoms with E-state index >= 15 is 0 Å². The molecule has 0 heterocycles. The van der Waals surface area contributed by atoms with E-state index in [9.17, 15) is 15.0 Å². The Labute approximate surface area is 208 Å². The topological polar surface area (TPSA) is 145 Å². The Morgan fingerprint density at radius 3 is 2.23 bits per heavy atom. The number of carbonyl (C=O) groups excluding carboxylic acids is 1. The summed E-state index contributed by atoms with van der Waals surface area (Å²) in [6.07, 6.45) is 5.51. The summed E-state index contributed by atoms with van der Waals surface area (Å²) >= 11 is 0. The molecule has 0 radical (unpaired) electrons. The van der Waals surface area contributed by atoms with Crippen LogP contribution in [0.15, 0.2) is 11.6 Å². The lowest BCUT2D eigenvalue weighted by Crippen LogP contribution is -2.61. The number of aliphatic hydroxyl groups is 2. The van der Waals surface area contributed by atoms with Crippen molar-refractivity contribution < 1.29 is 39.5 Å². The third-order valence-corrected chi connectivity index (χ3v) is 8.92. The molecule has 4 N–H and O–H groups in total. The number of carboxylic acids is 2. The Kier molecular flexibility index (Phi) is 9.52. The van der Waals surface area contributed by atoms with Gasteiger partial charge in [-0.2, -0.15) is 0 Å². The van der Waals surface area contributed by atoms with E-state index in [2.05, 4.69) is 27.7 Å². The number of rotatable bonds is 4. The second kappa shape index (κ2) is 11.4. The van der Waals surface area contributed by atoms with E-state index in [1.165, 1.54) is 0 Å². The van der Waals surface area contributed by atoms with Gasteiger partial charge in [0.1, 0.15) is 6.61 Å². The fourth-order valence-electron chi connectivity index (χ4n) is 6.93. The largest absolute Gasteiger partial charge is 0.473 e. The van der Waals surface area contributed by atoms with Gasteiger partial charge in [0.2, 0.25) is 0 Å². The minimum atomic E-state index is -1.82. The molecule has 7 atom stereocenters. The molecule has 0 aromatic carbocycles. The summed E-state index contributed by atoms with van der Waals surface area (Å²) in [5, 5.41) is 36.6. The van der Waals surface area contributed by atoms with Gasteiger partial charge < -0.3 is 30.1 Å². The molecule has 0 aliphatic heterocycles. The Morgan fingerprint density at radius 2 is 1.69 bits per heavy atom. The first kappa shape index (κ1) is 29.3. The number of hydrogen-bond donors (Lipinski definition) is 4. The van der Waals surface area contributed by atoms with Gasteiger partial charge in [-0.15, -0.1) is 0 Å². The van der Waals surface area contributed by atoms with Crippen molar-refractivity contribution in [2.75, 3.05) is 27.2 Å². The highest BCUT2D eigenvalue weighted by Gasteiger charge is 2.61. The van der Waals surface area contributed by atoms with Gasteiger partial charge in [-0.3, -0.25) is 0 Å². The van der Waals surface area contributed by atoms with Crippen LogP contribution in [0.2, 0.25) is 0 Å². The van der Waals surface area contributed by atoms with Crippen LogP contribution < -0.4 is 0 Å². The van der Waals surface area contributed by atoms with Gasteiger partial charge in [-0.05, 0) is 80.7 Å². The Hall–Kier alpha value is -1.97. The molecule has 3 aliphatic carbocycles. The molecule has 0 spiro atoms. The summed E-state index contributed by atoms with van der Waals surface area (Å²) in [7, 11) is 3.92. The molecule has 0 aromatic heterocycles. The van der Waals surface area contributed by atoms with Crippen LogP contribution in [0, 0.1) is 34.5 Å². The Balaban J connectivity index is 0.000000641. The molecule has 200 valence electrons. The minimum absolute atomic E-state index is 0.138. The highest BCUT2D eigenvalue weighted by atomic mass is 16.5. The third-order valence-electron chi connectivity index (χ3n) is 8.92. The average molecular weight is 498 g/mol.